The van der Waals surface area contributed by atoms with E-state index in [4.69, 9.17) is 0 Å². The van der Waals surface area contributed by atoms with Gasteiger partial charge in [0.2, 0.25) is 5.91 Å². The van der Waals surface area contributed by atoms with E-state index in [0.717, 1.165) is 12.0 Å². The summed E-state index contributed by atoms with van der Waals surface area (Å²) in [6.07, 6.45) is 1.37. The fraction of sp³-hybridized carbons (Fsp3) is 0.550. The summed E-state index contributed by atoms with van der Waals surface area (Å²) in [6.45, 7) is 7.06. The van der Waals surface area contributed by atoms with Gasteiger partial charge in [0.15, 0.2) is 5.78 Å². The van der Waals surface area contributed by atoms with Crippen LogP contribution in [0, 0.1) is 12.8 Å². The monoisotopic (exact) mass is 347 g/mol. The van der Waals surface area contributed by atoms with Gasteiger partial charge in [-0.25, -0.2) is 0 Å². The highest BCUT2D eigenvalue weighted by molar-refractivity contribution is 5.98. The van der Waals surface area contributed by atoms with Crippen LogP contribution in [0.5, 0.6) is 0 Å². The molecule has 0 N–H and O–H groups in total. The van der Waals surface area contributed by atoms with E-state index in [1.165, 1.54) is 7.11 Å². The third kappa shape index (κ3) is 7.96. The number of ether oxygens (including phenoxy) is 1. The molecule has 0 heterocycles. The number of amides is 1. The molecule has 0 fully saturated rings. The number of Topliss-reactive ketones (excluding diaryl/α,β-unsaturated/α-hetero) is 1. The Morgan fingerprint density at radius 3 is 2.20 bits per heavy atom. The van der Waals surface area contributed by atoms with Gasteiger partial charge in [-0.3, -0.25) is 14.4 Å². The van der Waals surface area contributed by atoms with E-state index in [-0.39, 0.29) is 36.9 Å². The van der Waals surface area contributed by atoms with Crippen LogP contribution < -0.4 is 0 Å². The van der Waals surface area contributed by atoms with Crippen LogP contribution in [0.25, 0.3) is 0 Å². The highest BCUT2D eigenvalue weighted by Crippen LogP contribution is 2.11. The quantitative estimate of drug-likeness (QED) is 0.481. The van der Waals surface area contributed by atoms with Gasteiger partial charge in [0.1, 0.15) is 0 Å². The number of ketones is 1. The molecule has 0 aliphatic carbocycles. The molecule has 0 aliphatic rings. The summed E-state index contributed by atoms with van der Waals surface area (Å²) >= 11 is 0. The molecule has 1 aromatic carbocycles. The highest BCUT2D eigenvalue weighted by Gasteiger charge is 2.17. The lowest BCUT2D eigenvalue weighted by atomic mass is 10.0. The van der Waals surface area contributed by atoms with Crippen molar-refractivity contribution >= 4 is 17.7 Å². The number of hydrogen-bond acceptors (Lipinski definition) is 4. The number of carbonyl (C=O) groups excluding carboxylic acids is 3. The number of nitrogens with zero attached hydrogens (tertiary/aromatic N) is 1. The Hall–Kier alpha value is -2.17. The van der Waals surface area contributed by atoms with Crippen LogP contribution in [0.15, 0.2) is 24.3 Å². The fourth-order valence-electron chi connectivity index (χ4n) is 2.37. The zero-order chi connectivity index (χ0) is 18.8. The minimum Gasteiger partial charge on any atom is -0.469 e. The van der Waals surface area contributed by atoms with Crippen LogP contribution >= 0.6 is 0 Å². The zero-order valence-electron chi connectivity index (χ0n) is 15.7. The molecule has 0 aliphatic heterocycles. The first kappa shape index (κ1) is 20.9. The predicted molar refractivity (Wildman–Crippen MR) is 97.4 cm³/mol. The molecule has 0 spiro atoms. The molecule has 1 aromatic rings. The van der Waals surface area contributed by atoms with Crippen LogP contribution in [0.1, 0.15) is 55.5 Å². The molecular weight excluding hydrogens is 318 g/mol. The first-order chi connectivity index (χ1) is 11.8. The summed E-state index contributed by atoms with van der Waals surface area (Å²) in [5, 5.41) is 0. The summed E-state index contributed by atoms with van der Waals surface area (Å²) < 4.78 is 4.64. The largest absolute Gasteiger partial charge is 0.469 e. The number of hydrogen-bond donors (Lipinski definition) is 0. The Bertz CT molecular complexity index is 578. The van der Waals surface area contributed by atoms with Gasteiger partial charge in [0.05, 0.1) is 13.5 Å². The van der Waals surface area contributed by atoms with Crippen molar-refractivity contribution in [2.24, 2.45) is 5.92 Å². The smallest absolute Gasteiger partial charge is 0.307 e. The van der Waals surface area contributed by atoms with Crippen LogP contribution in [0.2, 0.25) is 0 Å². The van der Waals surface area contributed by atoms with Gasteiger partial charge in [-0.2, -0.15) is 0 Å². The predicted octanol–water partition coefficient (Wildman–Crippen LogP) is 3.40. The number of rotatable bonds is 10. The molecule has 0 unspecified atom stereocenters. The van der Waals surface area contributed by atoms with Gasteiger partial charge in [-0.15, -0.1) is 0 Å². The normalized spacial score (nSPS) is 10.6. The summed E-state index contributed by atoms with van der Waals surface area (Å²) in [5.74, 6) is -0.00385. The van der Waals surface area contributed by atoms with Crippen LogP contribution in [0.4, 0.5) is 0 Å². The molecule has 5 heteroatoms. The molecule has 25 heavy (non-hydrogen) atoms. The van der Waals surface area contributed by atoms with Crippen LogP contribution in [0.3, 0.4) is 0 Å². The maximum Gasteiger partial charge on any atom is 0.307 e. The second-order valence-electron chi connectivity index (χ2n) is 6.68. The molecule has 0 radical (unpaired) electrons. The van der Waals surface area contributed by atoms with Gasteiger partial charge in [-0.1, -0.05) is 43.7 Å². The zero-order valence-corrected chi connectivity index (χ0v) is 15.7. The molecular formula is C20H29NO4. The fourth-order valence-corrected chi connectivity index (χ4v) is 2.37. The lowest BCUT2D eigenvalue weighted by molar-refractivity contribution is -0.141. The minimum atomic E-state index is -0.335. The van der Waals surface area contributed by atoms with Crippen LogP contribution in [-0.4, -0.2) is 42.8 Å². The topological polar surface area (TPSA) is 63.7 Å². The number of carbonyl (C=O) groups is 3. The maximum atomic E-state index is 12.5. The average Bonchev–Trinajstić information content (AvgIpc) is 2.59. The van der Waals surface area contributed by atoms with Crippen molar-refractivity contribution in [1.82, 2.24) is 4.90 Å². The Kier molecular flexibility index (Phi) is 8.89. The van der Waals surface area contributed by atoms with E-state index in [0.29, 0.717) is 24.6 Å². The van der Waals surface area contributed by atoms with Crippen LogP contribution in [-0.2, 0) is 14.3 Å². The molecule has 0 aromatic heterocycles. The molecule has 1 rings (SSSR count). The number of esters is 1. The number of benzene rings is 1. The Morgan fingerprint density at radius 1 is 1.00 bits per heavy atom. The SMILES string of the molecule is COC(=O)CCN(CCC(C)C)C(=O)CCC(=O)c1ccc(C)cc1. The van der Waals surface area contributed by atoms with E-state index in [9.17, 15) is 14.4 Å². The van der Waals surface area contributed by atoms with Crippen molar-refractivity contribution in [3.05, 3.63) is 35.4 Å². The van der Waals surface area contributed by atoms with Crippen molar-refractivity contribution < 1.29 is 19.1 Å². The number of aryl methyl sites for hydroxylation is 1. The Morgan fingerprint density at radius 2 is 1.64 bits per heavy atom. The first-order valence-electron chi connectivity index (χ1n) is 8.78. The third-order valence-corrected chi connectivity index (χ3v) is 4.08. The van der Waals surface area contributed by atoms with Gasteiger partial charge in [0.25, 0.3) is 0 Å². The highest BCUT2D eigenvalue weighted by atomic mass is 16.5. The summed E-state index contributed by atoms with van der Waals surface area (Å²) in [4.78, 5) is 37.7. The van der Waals surface area contributed by atoms with Crippen molar-refractivity contribution in [3.63, 3.8) is 0 Å². The van der Waals surface area contributed by atoms with Gasteiger partial charge in [-0.05, 0) is 19.3 Å². The van der Waals surface area contributed by atoms with Gasteiger partial charge >= 0.3 is 5.97 Å². The summed E-state index contributed by atoms with van der Waals surface area (Å²) in [6, 6.07) is 7.35. The first-order valence-corrected chi connectivity index (χ1v) is 8.78. The molecule has 138 valence electrons. The van der Waals surface area contributed by atoms with Crippen molar-refractivity contribution in [3.8, 4) is 0 Å². The Labute approximate surface area is 150 Å². The Balaban J connectivity index is 2.58. The maximum absolute atomic E-state index is 12.5. The van der Waals surface area contributed by atoms with E-state index in [1.807, 2.05) is 19.1 Å². The second kappa shape index (κ2) is 10.6. The third-order valence-electron chi connectivity index (χ3n) is 4.08. The minimum absolute atomic E-state index is 0.0369. The molecule has 0 saturated heterocycles. The lowest BCUT2D eigenvalue weighted by Crippen LogP contribution is -2.34. The molecule has 0 saturated carbocycles. The lowest BCUT2D eigenvalue weighted by Gasteiger charge is -2.23. The molecule has 0 bridgehead atoms. The number of methoxy groups -OCH3 is 1. The molecule has 1 amide bonds. The molecule has 0 atom stereocenters. The van der Waals surface area contributed by atoms with E-state index in [1.54, 1.807) is 17.0 Å². The second-order valence-corrected chi connectivity index (χ2v) is 6.68. The van der Waals surface area contributed by atoms with Crippen molar-refractivity contribution in [2.75, 3.05) is 20.2 Å². The average molecular weight is 347 g/mol. The molecule has 5 nitrogen and oxygen atoms in total. The van der Waals surface area contributed by atoms with Crippen molar-refractivity contribution in [1.29, 1.82) is 0 Å². The van der Waals surface area contributed by atoms with E-state index < -0.39 is 0 Å². The van der Waals surface area contributed by atoms with Gasteiger partial charge in [0, 0.05) is 31.5 Å². The van der Waals surface area contributed by atoms with E-state index >= 15 is 0 Å². The van der Waals surface area contributed by atoms with E-state index in [2.05, 4.69) is 18.6 Å². The standard InChI is InChI=1S/C20H29NO4/c1-15(2)11-13-21(14-12-20(24)25-4)19(23)10-9-18(22)17-7-5-16(3)6-8-17/h5-8,15H,9-14H2,1-4H3. The van der Waals surface area contributed by atoms with Gasteiger partial charge < -0.3 is 9.64 Å². The summed E-state index contributed by atoms with van der Waals surface area (Å²) in [7, 11) is 1.34. The summed E-state index contributed by atoms with van der Waals surface area (Å²) in [5.41, 5.74) is 1.72. The van der Waals surface area contributed by atoms with Crippen molar-refractivity contribution in [2.45, 2.75) is 46.5 Å².